The van der Waals surface area contributed by atoms with Gasteiger partial charge in [-0.2, -0.15) is 4.98 Å². The first-order valence-electron chi connectivity index (χ1n) is 4.95. The Morgan fingerprint density at radius 2 is 1.88 bits per heavy atom. The zero-order chi connectivity index (χ0) is 10.8. The largest absolute Gasteiger partial charge is 0.407 e. The molecule has 0 saturated carbocycles. The molecule has 0 aliphatic carbocycles. The van der Waals surface area contributed by atoms with Crippen LogP contribution >= 0.6 is 0 Å². The number of para-hydroxylation sites is 2. The van der Waals surface area contributed by atoms with E-state index in [9.17, 15) is 0 Å². The monoisotopic (exact) mass is 211 g/mol. The number of pyridine rings is 1. The van der Waals surface area contributed by atoms with Crippen molar-refractivity contribution in [3.8, 4) is 11.9 Å². The number of aromatic amines is 1. The molecule has 0 radical (unpaired) electrons. The summed E-state index contributed by atoms with van der Waals surface area (Å²) in [6.45, 7) is 0. The van der Waals surface area contributed by atoms with Gasteiger partial charge in [-0.25, -0.2) is 4.98 Å². The minimum Gasteiger partial charge on any atom is -0.407 e. The van der Waals surface area contributed by atoms with Crippen LogP contribution in [0.15, 0.2) is 48.7 Å². The maximum absolute atomic E-state index is 5.49. The molecule has 0 aliphatic rings. The van der Waals surface area contributed by atoms with Crippen LogP contribution in [0.3, 0.4) is 0 Å². The van der Waals surface area contributed by atoms with Crippen molar-refractivity contribution in [1.29, 1.82) is 0 Å². The van der Waals surface area contributed by atoms with Crippen LogP contribution in [0.5, 0.6) is 11.9 Å². The smallest absolute Gasteiger partial charge is 0.301 e. The van der Waals surface area contributed by atoms with Crippen LogP contribution in [0.1, 0.15) is 0 Å². The number of fused-ring (bicyclic) bond motifs is 1. The molecule has 0 amide bonds. The summed E-state index contributed by atoms with van der Waals surface area (Å²) in [5, 5.41) is 0. The van der Waals surface area contributed by atoms with Crippen molar-refractivity contribution < 1.29 is 4.74 Å². The van der Waals surface area contributed by atoms with Gasteiger partial charge in [0.25, 0.3) is 0 Å². The van der Waals surface area contributed by atoms with Crippen LogP contribution in [0.2, 0.25) is 0 Å². The summed E-state index contributed by atoms with van der Waals surface area (Å²) in [5.74, 6) is 0.529. The first-order chi connectivity index (χ1) is 7.92. The summed E-state index contributed by atoms with van der Waals surface area (Å²) >= 11 is 0. The topological polar surface area (TPSA) is 50.8 Å². The highest BCUT2D eigenvalue weighted by atomic mass is 16.5. The van der Waals surface area contributed by atoms with Crippen molar-refractivity contribution in [2.45, 2.75) is 0 Å². The van der Waals surface area contributed by atoms with Gasteiger partial charge in [0, 0.05) is 12.3 Å². The zero-order valence-electron chi connectivity index (χ0n) is 8.42. The molecule has 16 heavy (non-hydrogen) atoms. The Balaban J connectivity index is 1.95. The van der Waals surface area contributed by atoms with Gasteiger partial charge in [0.05, 0.1) is 11.0 Å². The first-order valence-corrected chi connectivity index (χ1v) is 4.95. The van der Waals surface area contributed by atoms with E-state index in [1.165, 1.54) is 0 Å². The molecule has 78 valence electrons. The van der Waals surface area contributed by atoms with Gasteiger partial charge in [0.15, 0.2) is 0 Å². The lowest BCUT2D eigenvalue weighted by molar-refractivity contribution is 0.432. The van der Waals surface area contributed by atoms with Crippen molar-refractivity contribution in [2.24, 2.45) is 0 Å². The van der Waals surface area contributed by atoms with Crippen LogP contribution in [0.4, 0.5) is 0 Å². The fraction of sp³-hybridized carbons (Fsp3) is 0. The van der Waals surface area contributed by atoms with E-state index in [0.717, 1.165) is 11.0 Å². The maximum Gasteiger partial charge on any atom is 0.301 e. The Bertz CT molecular complexity index is 571. The summed E-state index contributed by atoms with van der Waals surface area (Å²) in [4.78, 5) is 11.4. The van der Waals surface area contributed by atoms with Gasteiger partial charge in [0.2, 0.25) is 5.88 Å². The van der Waals surface area contributed by atoms with Crippen molar-refractivity contribution in [2.75, 3.05) is 0 Å². The van der Waals surface area contributed by atoms with E-state index in [-0.39, 0.29) is 0 Å². The number of nitrogens with one attached hydrogen (secondary N) is 1. The van der Waals surface area contributed by atoms with Crippen LogP contribution in [0.25, 0.3) is 11.0 Å². The lowest BCUT2D eigenvalue weighted by Gasteiger charge is -1.97. The van der Waals surface area contributed by atoms with Gasteiger partial charge < -0.3 is 9.72 Å². The number of ether oxygens (including phenoxy) is 1. The van der Waals surface area contributed by atoms with Gasteiger partial charge in [-0.3, -0.25) is 0 Å². The SMILES string of the molecule is c1ccc(Oc2nc3ccccc3[nH]2)nc1. The summed E-state index contributed by atoms with van der Waals surface area (Å²) in [5.41, 5.74) is 1.84. The second kappa shape index (κ2) is 3.66. The van der Waals surface area contributed by atoms with E-state index >= 15 is 0 Å². The normalized spacial score (nSPS) is 10.5. The second-order valence-electron chi connectivity index (χ2n) is 3.33. The summed E-state index contributed by atoms with van der Waals surface area (Å²) in [6, 6.07) is 13.7. The molecule has 2 heterocycles. The number of hydrogen-bond donors (Lipinski definition) is 1. The molecule has 0 aliphatic heterocycles. The fourth-order valence-corrected chi connectivity index (χ4v) is 1.48. The van der Waals surface area contributed by atoms with Gasteiger partial charge in [-0.05, 0) is 18.2 Å². The number of rotatable bonds is 2. The third kappa shape index (κ3) is 1.61. The van der Waals surface area contributed by atoms with E-state index < -0.39 is 0 Å². The molecule has 1 aromatic carbocycles. The number of H-pyrrole nitrogens is 1. The highest BCUT2D eigenvalue weighted by molar-refractivity contribution is 5.75. The molecule has 1 N–H and O–H groups in total. The number of benzene rings is 1. The predicted octanol–water partition coefficient (Wildman–Crippen LogP) is 2.75. The van der Waals surface area contributed by atoms with Crippen LogP contribution in [-0.4, -0.2) is 15.0 Å². The van der Waals surface area contributed by atoms with Gasteiger partial charge in [-0.1, -0.05) is 18.2 Å². The number of aromatic nitrogens is 3. The summed E-state index contributed by atoms with van der Waals surface area (Å²) in [6.07, 6.45) is 1.68. The summed E-state index contributed by atoms with van der Waals surface area (Å²) in [7, 11) is 0. The molecule has 0 atom stereocenters. The molecular formula is C12H9N3O. The van der Waals surface area contributed by atoms with E-state index in [2.05, 4.69) is 15.0 Å². The van der Waals surface area contributed by atoms with E-state index in [1.54, 1.807) is 12.3 Å². The third-order valence-corrected chi connectivity index (χ3v) is 2.21. The minimum absolute atomic E-state index is 0.458. The minimum atomic E-state index is 0.458. The lowest BCUT2D eigenvalue weighted by Crippen LogP contribution is -1.87. The average Bonchev–Trinajstić information content (AvgIpc) is 2.72. The Morgan fingerprint density at radius 1 is 1.00 bits per heavy atom. The molecule has 2 aromatic heterocycles. The molecule has 0 saturated heterocycles. The van der Waals surface area contributed by atoms with Crippen LogP contribution in [0, 0.1) is 0 Å². The van der Waals surface area contributed by atoms with Gasteiger partial charge >= 0.3 is 6.01 Å². The molecular weight excluding hydrogens is 202 g/mol. The van der Waals surface area contributed by atoms with Crippen molar-refractivity contribution in [3.63, 3.8) is 0 Å². The number of imidazole rings is 1. The fourth-order valence-electron chi connectivity index (χ4n) is 1.48. The van der Waals surface area contributed by atoms with E-state index in [0.29, 0.717) is 11.9 Å². The first kappa shape index (κ1) is 8.91. The van der Waals surface area contributed by atoms with Crippen LogP contribution in [-0.2, 0) is 0 Å². The molecule has 0 fully saturated rings. The van der Waals surface area contributed by atoms with E-state index in [4.69, 9.17) is 4.74 Å². The number of hydrogen-bond acceptors (Lipinski definition) is 3. The lowest BCUT2D eigenvalue weighted by atomic mass is 10.3. The standard InChI is InChI=1S/C12H9N3O/c1-2-6-10-9(5-1)14-12(15-10)16-11-7-3-4-8-13-11/h1-8H,(H,14,15). The quantitative estimate of drug-likeness (QED) is 0.709. The molecule has 4 heteroatoms. The predicted molar refractivity (Wildman–Crippen MR) is 60.4 cm³/mol. The molecule has 4 nitrogen and oxygen atoms in total. The molecule has 0 bridgehead atoms. The molecule has 3 aromatic rings. The van der Waals surface area contributed by atoms with Crippen LogP contribution < -0.4 is 4.74 Å². The van der Waals surface area contributed by atoms with Crippen molar-refractivity contribution >= 4 is 11.0 Å². The molecule has 3 rings (SSSR count). The van der Waals surface area contributed by atoms with Gasteiger partial charge in [-0.15, -0.1) is 0 Å². The maximum atomic E-state index is 5.49. The highest BCUT2D eigenvalue weighted by Gasteiger charge is 2.03. The zero-order valence-corrected chi connectivity index (χ0v) is 8.42. The Hall–Kier alpha value is -2.36. The Morgan fingerprint density at radius 3 is 2.69 bits per heavy atom. The van der Waals surface area contributed by atoms with Crippen molar-refractivity contribution in [1.82, 2.24) is 15.0 Å². The molecule has 0 spiro atoms. The summed E-state index contributed by atoms with van der Waals surface area (Å²) < 4.78 is 5.49. The average molecular weight is 211 g/mol. The van der Waals surface area contributed by atoms with Gasteiger partial charge in [0.1, 0.15) is 0 Å². The molecule has 0 unspecified atom stereocenters. The number of nitrogens with zero attached hydrogens (tertiary/aromatic N) is 2. The van der Waals surface area contributed by atoms with E-state index in [1.807, 2.05) is 36.4 Å². The second-order valence-corrected chi connectivity index (χ2v) is 3.33. The highest BCUT2D eigenvalue weighted by Crippen LogP contribution is 2.19. The Kier molecular flexibility index (Phi) is 2.04. The van der Waals surface area contributed by atoms with Crippen molar-refractivity contribution in [3.05, 3.63) is 48.7 Å². The third-order valence-electron chi connectivity index (χ3n) is 2.21. The Labute approximate surface area is 91.9 Å².